The van der Waals surface area contributed by atoms with E-state index in [2.05, 4.69) is 10.1 Å². The maximum atomic E-state index is 11.4. The Bertz CT molecular complexity index is 376. The molecule has 0 aromatic heterocycles. The molecule has 0 aromatic rings. The Balaban J connectivity index is 4.41. The van der Waals surface area contributed by atoms with Crippen molar-refractivity contribution in [2.24, 2.45) is 0 Å². The fraction of sp³-hybridized carbons (Fsp3) is 0.600. The summed E-state index contributed by atoms with van der Waals surface area (Å²) in [5, 5.41) is 11.1. The molecule has 2 N–H and O–H groups in total. The van der Waals surface area contributed by atoms with Crippen LogP contribution in [0, 0.1) is 0 Å². The number of ketones is 1. The number of carboxylic acids is 1. The zero-order chi connectivity index (χ0) is 14.1. The van der Waals surface area contributed by atoms with E-state index < -0.39 is 29.8 Å². The zero-order valence-corrected chi connectivity index (χ0v) is 10.1. The Morgan fingerprint density at radius 2 is 2.11 bits per heavy atom. The van der Waals surface area contributed by atoms with Crippen LogP contribution in [0.4, 0.5) is 0 Å². The second-order valence-corrected chi connectivity index (χ2v) is 3.53. The summed E-state index contributed by atoms with van der Waals surface area (Å²) in [7, 11) is 1.32. The number of nitrogens with one attached hydrogen (secondary N) is 1. The normalized spacial score (nSPS) is 13.0. The first-order chi connectivity index (χ1) is 8.42. The molecule has 0 aliphatic carbocycles. The van der Waals surface area contributed by atoms with Crippen LogP contribution >= 0.6 is 0 Å². The van der Waals surface area contributed by atoms with Crippen molar-refractivity contribution in [2.45, 2.75) is 31.9 Å². The van der Waals surface area contributed by atoms with E-state index in [1.807, 2.05) is 0 Å². The molecule has 0 heterocycles. The minimum Gasteiger partial charge on any atom is -0.480 e. The van der Waals surface area contributed by atoms with Gasteiger partial charge in [0.2, 0.25) is 11.7 Å². The molecule has 18 heavy (non-hydrogen) atoms. The topological polar surface area (TPSA) is 129 Å². The molecule has 0 fully saturated rings. The van der Waals surface area contributed by atoms with Crippen LogP contribution in [0.25, 0.3) is 5.53 Å². The molecule has 100 valence electrons. The molecule has 0 spiro atoms. The number of carboxylic acid groups (broad SMARTS) is 1. The fourth-order valence-electron chi connectivity index (χ4n) is 1.07. The van der Waals surface area contributed by atoms with Gasteiger partial charge in [-0.05, 0) is 13.3 Å². The lowest BCUT2D eigenvalue weighted by atomic mass is 10.1. The van der Waals surface area contributed by atoms with Crippen molar-refractivity contribution in [3.8, 4) is 0 Å². The van der Waals surface area contributed by atoms with Crippen LogP contribution in [-0.2, 0) is 19.1 Å². The summed E-state index contributed by atoms with van der Waals surface area (Å²) >= 11 is 0. The predicted molar refractivity (Wildman–Crippen MR) is 60.0 cm³/mol. The molecule has 8 heteroatoms. The Kier molecular flexibility index (Phi) is 7.18. The molecule has 0 aromatic carbocycles. The van der Waals surface area contributed by atoms with Crippen molar-refractivity contribution in [1.29, 1.82) is 0 Å². The van der Waals surface area contributed by atoms with Gasteiger partial charge in [-0.2, -0.15) is 4.79 Å². The number of Topliss-reactive ketones (excluding diaryl/α,β-unsaturated/α-hetero) is 1. The van der Waals surface area contributed by atoms with Crippen LogP contribution in [0.1, 0.15) is 19.8 Å². The van der Waals surface area contributed by atoms with E-state index in [4.69, 9.17) is 15.4 Å². The maximum absolute atomic E-state index is 11.4. The third kappa shape index (κ3) is 5.88. The van der Waals surface area contributed by atoms with Gasteiger partial charge in [0.1, 0.15) is 12.1 Å². The van der Waals surface area contributed by atoms with Gasteiger partial charge in [0, 0.05) is 13.5 Å². The second-order valence-electron chi connectivity index (χ2n) is 3.53. The Morgan fingerprint density at radius 1 is 1.50 bits per heavy atom. The second kappa shape index (κ2) is 8.10. The van der Waals surface area contributed by atoms with Gasteiger partial charge in [-0.25, -0.2) is 4.79 Å². The van der Waals surface area contributed by atoms with Crippen molar-refractivity contribution in [1.82, 2.24) is 5.32 Å². The largest absolute Gasteiger partial charge is 0.480 e. The van der Waals surface area contributed by atoms with Crippen molar-refractivity contribution < 1.29 is 29.0 Å². The lowest BCUT2D eigenvalue weighted by Gasteiger charge is -2.16. The maximum Gasteiger partial charge on any atom is 0.326 e. The van der Waals surface area contributed by atoms with Gasteiger partial charge in [0.15, 0.2) is 0 Å². The van der Waals surface area contributed by atoms with E-state index in [9.17, 15) is 14.4 Å². The molecule has 2 unspecified atom stereocenters. The first kappa shape index (κ1) is 16.0. The number of aliphatic carboxylic acids is 1. The third-order valence-electron chi connectivity index (χ3n) is 2.22. The number of hydrogen-bond acceptors (Lipinski definition) is 4. The molecule has 1 amide bonds. The van der Waals surface area contributed by atoms with Crippen LogP contribution in [0.3, 0.4) is 0 Å². The lowest BCUT2D eigenvalue weighted by molar-refractivity contribution is -0.143. The van der Waals surface area contributed by atoms with E-state index in [1.165, 1.54) is 14.0 Å². The summed E-state index contributed by atoms with van der Waals surface area (Å²) in [6, 6.07) is -1.19. The van der Waals surface area contributed by atoms with Crippen LogP contribution in [-0.4, -0.2) is 53.0 Å². The minimum atomic E-state index is -1.25. The third-order valence-corrected chi connectivity index (χ3v) is 2.22. The van der Waals surface area contributed by atoms with Crippen LogP contribution in [0.5, 0.6) is 0 Å². The van der Waals surface area contributed by atoms with E-state index in [-0.39, 0.29) is 12.8 Å². The Labute approximate surface area is 104 Å². The van der Waals surface area contributed by atoms with Gasteiger partial charge in [0.25, 0.3) is 0 Å². The molecule has 0 rings (SSSR count). The quantitative estimate of drug-likeness (QED) is 0.335. The molecule has 2 atom stereocenters. The molecule has 0 bridgehead atoms. The summed E-state index contributed by atoms with van der Waals surface area (Å²) in [6.07, 6.45) is -0.342. The van der Waals surface area contributed by atoms with Crippen LogP contribution in [0.15, 0.2) is 0 Å². The number of carbonyl (C=O) groups excluding carboxylic acids is 2. The standard InChI is InChI=1S/C10H15N3O5/c1-6(18-2)9(15)13-8(10(16)17)4-3-7(14)5-12-11/h5-6,8H,3-4H2,1-2H3,(H,13,15)(H,16,17). The predicted octanol–water partition coefficient (Wildman–Crippen LogP) is -0.759. The number of carbonyl (C=O) groups is 3. The van der Waals surface area contributed by atoms with Crippen LogP contribution in [0.2, 0.25) is 0 Å². The van der Waals surface area contributed by atoms with E-state index in [0.29, 0.717) is 6.21 Å². The molecule has 8 nitrogen and oxygen atoms in total. The number of ether oxygens (including phenoxy) is 1. The highest BCUT2D eigenvalue weighted by atomic mass is 16.5. The number of hydrogen-bond donors (Lipinski definition) is 2. The molecular weight excluding hydrogens is 242 g/mol. The van der Waals surface area contributed by atoms with Gasteiger partial charge in [-0.15, -0.1) is 0 Å². The first-order valence-corrected chi connectivity index (χ1v) is 5.18. The van der Waals surface area contributed by atoms with Gasteiger partial charge in [-0.1, -0.05) is 0 Å². The summed E-state index contributed by atoms with van der Waals surface area (Å²) in [4.78, 5) is 35.8. The average molecular weight is 257 g/mol. The zero-order valence-electron chi connectivity index (χ0n) is 10.1. The van der Waals surface area contributed by atoms with Crippen molar-refractivity contribution >= 4 is 23.9 Å². The van der Waals surface area contributed by atoms with Gasteiger partial charge in [0.05, 0.1) is 0 Å². The highest BCUT2D eigenvalue weighted by Crippen LogP contribution is 2.00. The van der Waals surface area contributed by atoms with E-state index in [1.54, 1.807) is 0 Å². The first-order valence-electron chi connectivity index (χ1n) is 5.18. The molecule has 0 radical (unpaired) electrons. The Hall–Kier alpha value is -2.05. The van der Waals surface area contributed by atoms with Gasteiger partial charge >= 0.3 is 12.2 Å². The SMILES string of the molecule is COC(C)C(=O)NC(CCC(=O)C=[N+]=[N-])C(=O)O. The van der Waals surface area contributed by atoms with Crippen molar-refractivity contribution in [3.05, 3.63) is 5.53 Å². The minimum absolute atomic E-state index is 0.0949. The van der Waals surface area contributed by atoms with Crippen LogP contribution < -0.4 is 5.32 Å². The van der Waals surface area contributed by atoms with E-state index in [0.717, 1.165) is 0 Å². The van der Waals surface area contributed by atoms with Crippen molar-refractivity contribution in [2.75, 3.05) is 7.11 Å². The highest BCUT2D eigenvalue weighted by Gasteiger charge is 2.23. The summed E-state index contributed by atoms with van der Waals surface area (Å²) < 4.78 is 4.73. The van der Waals surface area contributed by atoms with Gasteiger partial charge < -0.3 is 20.7 Å². The number of methoxy groups -OCH3 is 1. The van der Waals surface area contributed by atoms with Gasteiger partial charge in [-0.3, -0.25) is 9.59 Å². The summed E-state index contributed by atoms with van der Waals surface area (Å²) in [6.45, 7) is 1.47. The fourth-order valence-corrected chi connectivity index (χ4v) is 1.07. The number of nitrogens with zero attached hydrogens (tertiary/aromatic N) is 2. The Morgan fingerprint density at radius 3 is 2.56 bits per heavy atom. The monoisotopic (exact) mass is 257 g/mol. The number of amides is 1. The number of rotatable bonds is 8. The average Bonchev–Trinajstić information content (AvgIpc) is 2.32. The smallest absolute Gasteiger partial charge is 0.326 e. The summed E-state index contributed by atoms with van der Waals surface area (Å²) in [5.74, 6) is -2.36. The summed E-state index contributed by atoms with van der Waals surface area (Å²) in [5.41, 5.74) is 8.11. The lowest BCUT2D eigenvalue weighted by Crippen LogP contribution is -2.45. The van der Waals surface area contributed by atoms with Crippen molar-refractivity contribution in [3.63, 3.8) is 0 Å². The molecule has 0 saturated heterocycles. The molecule has 0 saturated carbocycles. The molecule has 0 aliphatic rings. The molecule has 0 aliphatic heterocycles. The molecular formula is C10H15N3O5. The highest BCUT2D eigenvalue weighted by molar-refractivity contribution is 6.25. The van der Waals surface area contributed by atoms with E-state index >= 15 is 0 Å².